The summed E-state index contributed by atoms with van der Waals surface area (Å²) in [4.78, 5) is 11.6. The van der Waals surface area contributed by atoms with Gasteiger partial charge in [-0.1, -0.05) is 6.07 Å². The van der Waals surface area contributed by atoms with Crippen LogP contribution in [-0.4, -0.2) is 68.3 Å². The summed E-state index contributed by atoms with van der Waals surface area (Å²) in [5.41, 5.74) is 1.08. The van der Waals surface area contributed by atoms with Crippen LogP contribution in [0.2, 0.25) is 0 Å². The minimum atomic E-state index is 0. The number of ether oxygens (including phenoxy) is 1. The minimum absolute atomic E-state index is 0. The van der Waals surface area contributed by atoms with Gasteiger partial charge in [-0.05, 0) is 30.7 Å². The molecule has 0 aliphatic carbocycles. The molecular weight excluding hydrogens is 481 g/mol. The quantitative estimate of drug-likeness (QED) is 0.220. The maximum Gasteiger partial charge on any atom is 0.191 e. The summed E-state index contributed by atoms with van der Waals surface area (Å²) in [6.07, 6.45) is 6.29. The average Bonchev–Trinajstić information content (AvgIpc) is 3.26. The van der Waals surface area contributed by atoms with Gasteiger partial charge >= 0.3 is 0 Å². The Bertz CT molecular complexity index is 676. The van der Waals surface area contributed by atoms with E-state index in [1.54, 1.807) is 6.26 Å². The number of aromatic nitrogens is 1. The zero-order valence-corrected chi connectivity index (χ0v) is 19.2. The third kappa shape index (κ3) is 9.60. The molecule has 1 fully saturated rings. The van der Waals surface area contributed by atoms with Gasteiger partial charge < -0.3 is 19.8 Å². The van der Waals surface area contributed by atoms with Crippen molar-refractivity contribution in [3.8, 4) is 0 Å². The number of hydrogen-bond donors (Lipinski definition) is 2. The van der Waals surface area contributed by atoms with Crippen LogP contribution in [0, 0.1) is 0 Å². The highest BCUT2D eigenvalue weighted by Crippen LogP contribution is 2.00. The molecule has 0 amide bonds. The van der Waals surface area contributed by atoms with Crippen LogP contribution in [0.25, 0.3) is 0 Å². The Morgan fingerprint density at radius 1 is 1.07 bits per heavy atom. The molecular formula is C21H32IN5O2. The van der Waals surface area contributed by atoms with Crippen molar-refractivity contribution in [2.45, 2.75) is 19.3 Å². The highest BCUT2D eigenvalue weighted by molar-refractivity contribution is 14.0. The van der Waals surface area contributed by atoms with Crippen molar-refractivity contribution in [1.82, 2.24) is 20.5 Å². The fourth-order valence-electron chi connectivity index (χ4n) is 3.10. The Morgan fingerprint density at radius 3 is 2.62 bits per heavy atom. The molecule has 2 aromatic rings. The smallest absolute Gasteiger partial charge is 0.191 e. The van der Waals surface area contributed by atoms with Crippen LogP contribution in [0.4, 0.5) is 0 Å². The Hall–Kier alpha value is -1.65. The lowest BCUT2D eigenvalue weighted by molar-refractivity contribution is 0.0377. The molecule has 29 heavy (non-hydrogen) atoms. The number of pyridine rings is 1. The van der Waals surface area contributed by atoms with Gasteiger partial charge in [-0.15, -0.1) is 24.0 Å². The fourth-order valence-corrected chi connectivity index (χ4v) is 3.10. The number of rotatable bonds is 10. The summed E-state index contributed by atoms with van der Waals surface area (Å²) in [6.45, 7) is 7.20. The first-order valence-electron chi connectivity index (χ1n) is 10.1. The standard InChI is InChI=1S/C21H31N5O2.HI/c1-2-9-22-19(5-1)7-11-24-21(25-12-8-20-6-3-16-28-20)23-10-4-13-26-14-17-27-18-15-26;/h1-3,5-6,9,16H,4,7-8,10-15,17-18H2,(H2,23,24,25);1H. The van der Waals surface area contributed by atoms with Crippen molar-refractivity contribution in [2.75, 3.05) is 52.5 Å². The SMILES string of the molecule is I.c1ccc(CCNC(=NCCCN2CCOCC2)NCCc2ccco2)nc1. The molecule has 1 saturated heterocycles. The summed E-state index contributed by atoms with van der Waals surface area (Å²) in [5.74, 6) is 1.83. The summed E-state index contributed by atoms with van der Waals surface area (Å²) < 4.78 is 10.8. The zero-order valence-electron chi connectivity index (χ0n) is 16.9. The van der Waals surface area contributed by atoms with E-state index in [-0.39, 0.29) is 24.0 Å². The lowest BCUT2D eigenvalue weighted by Crippen LogP contribution is -2.40. The fraction of sp³-hybridized carbons (Fsp3) is 0.524. The molecule has 3 heterocycles. The van der Waals surface area contributed by atoms with Crippen LogP contribution in [0.5, 0.6) is 0 Å². The molecule has 0 radical (unpaired) electrons. The number of nitrogens with zero attached hydrogens (tertiary/aromatic N) is 3. The lowest BCUT2D eigenvalue weighted by Gasteiger charge is -2.26. The molecule has 0 aromatic carbocycles. The lowest BCUT2D eigenvalue weighted by atomic mass is 10.3. The highest BCUT2D eigenvalue weighted by Gasteiger charge is 2.09. The number of guanidine groups is 1. The number of nitrogens with one attached hydrogen (secondary N) is 2. The predicted octanol–water partition coefficient (Wildman–Crippen LogP) is 2.34. The Kier molecular flexibility index (Phi) is 11.7. The molecule has 0 bridgehead atoms. The van der Waals surface area contributed by atoms with E-state index in [0.717, 1.165) is 89.2 Å². The van der Waals surface area contributed by atoms with Crippen LogP contribution in [0.15, 0.2) is 52.2 Å². The molecule has 0 spiro atoms. The van der Waals surface area contributed by atoms with Gasteiger partial charge in [-0.25, -0.2) is 0 Å². The normalized spacial score (nSPS) is 15.0. The van der Waals surface area contributed by atoms with Crippen molar-refractivity contribution >= 4 is 29.9 Å². The molecule has 2 aromatic heterocycles. The van der Waals surface area contributed by atoms with Crippen molar-refractivity contribution in [1.29, 1.82) is 0 Å². The third-order valence-corrected chi connectivity index (χ3v) is 4.65. The van der Waals surface area contributed by atoms with Gasteiger partial charge in [0.05, 0.1) is 19.5 Å². The van der Waals surface area contributed by atoms with Crippen LogP contribution in [-0.2, 0) is 17.6 Å². The third-order valence-electron chi connectivity index (χ3n) is 4.65. The Labute approximate surface area is 190 Å². The number of furan rings is 1. The Balaban J connectivity index is 0.00000300. The predicted molar refractivity (Wildman–Crippen MR) is 126 cm³/mol. The molecule has 160 valence electrons. The second-order valence-electron chi connectivity index (χ2n) is 6.79. The number of morpholine rings is 1. The molecule has 0 saturated carbocycles. The maximum atomic E-state index is 5.40. The van der Waals surface area contributed by atoms with E-state index in [9.17, 15) is 0 Å². The topological polar surface area (TPSA) is 74.9 Å². The van der Waals surface area contributed by atoms with E-state index >= 15 is 0 Å². The summed E-state index contributed by atoms with van der Waals surface area (Å²) in [6, 6.07) is 9.92. The van der Waals surface area contributed by atoms with Crippen LogP contribution < -0.4 is 10.6 Å². The van der Waals surface area contributed by atoms with Crippen molar-refractivity contribution < 1.29 is 9.15 Å². The first-order valence-corrected chi connectivity index (χ1v) is 10.1. The van der Waals surface area contributed by atoms with Gasteiger partial charge in [-0.2, -0.15) is 0 Å². The maximum absolute atomic E-state index is 5.40. The molecule has 7 nitrogen and oxygen atoms in total. The molecule has 0 unspecified atom stereocenters. The first-order chi connectivity index (χ1) is 13.9. The van der Waals surface area contributed by atoms with Gasteiger partial charge in [0, 0.05) is 64.0 Å². The molecule has 2 N–H and O–H groups in total. The number of hydrogen-bond acceptors (Lipinski definition) is 5. The van der Waals surface area contributed by atoms with Crippen molar-refractivity contribution in [2.24, 2.45) is 4.99 Å². The van der Waals surface area contributed by atoms with Crippen LogP contribution in [0.3, 0.4) is 0 Å². The van der Waals surface area contributed by atoms with Gasteiger partial charge in [0.1, 0.15) is 5.76 Å². The molecule has 0 atom stereocenters. The largest absolute Gasteiger partial charge is 0.469 e. The molecule has 8 heteroatoms. The van der Waals surface area contributed by atoms with Crippen LogP contribution in [0.1, 0.15) is 17.9 Å². The van der Waals surface area contributed by atoms with Gasteiger partial charge in [-0.3, -0.25) is 14.9 Å². The summed E-state index contributed by atoms with van der Waals surface area (Å²) >= 11 is 0. The number of halogens is 1. The van der Waals surface area contributed by atoms with E-state index in [4.69, 9.17) is 14.1 Å². The van der Waals surface area contributed by atoms with Gasteiger partial charge in [0.15, 0.2) is 5.96 Å². The van der Waals surface area contributed by atoms with Gasteiger partial charge in [0.25, 0.3) is 0 Å². The second-order valence-corrected chi connectivity index (χ2v) is 6.79. The van der Waals surface area contributed by atoms with E-state index < -0.39 is 0 Å². The van der Waals surface area contributed by atoms with E-state index in [2.05, 4.69) is 20.5 Å². The average molecular weight is 513 g/mol. The van der Waals surface area contributed by atoms with E-state index in [1.807, 2.05) is 36.5 Å². The minimum Gasteiger partial charge on any atom is -0.469 e. The first kappa shape index (κ1) is 23.6. The monoisotopic (exact) mass is 513 g/mol. The Morgan fingerprint density at radius 2 is 1.90 bits per heavy atom. The summed E-state index contributed by atoms with van der Waals surface area (Å²) in [7, 11) is 0. The van der Waals surface area contributed by atoms with Crippen LogP contribution >= 0.6 is 24.0 Å². The zero-order chi connectivity index (χ0) is 19.3. The number of aliphatic imine (C=N–C) groups is 1. The van der Waals surface area contributed by atoms with E-state index in [0.29, 0.717) is 0 Å². The van der Waals surface area contributed by atoms with Crippen molar-refractivity contribution in [3.05, 3.63) is 54.2 Å². The van der Waals surface area contributed by atoms with Gasteiger partial charge in [0.2, 0.25) is 0 Å². The second kappa shape index (κ2) is 14.4. The summed E-state index contributed by atoms with van der Waals surface area (Å²) in [5, 5.41) is 6.83. The molecule has 1 aliphatic heterocycles. The molecule has 1 aliphatic rings. The van der Waals surface area contributed by atoms with Crippen molar-refractivity contribution in [3.63, 3.8) is 0 Å². The highest BCUT2D eigenvalue weighted by atomic mass is 127. The van der Waals surface area contributed by atoms with E-state index in [1.165, 1.54) is 0 Å². The molecule has 3 rings (SSSR count).